The quantitative estimate of drug-likeness (QED) is 0.228. The van der Waals surface area contributed by atoms with E-state index in [0.29, 0.717) is 22.5 Å². The van der Waals surface area contributed by atoms with Crippen LogP contribution in [-0.2, 0) is 16.2 Å². The lowest BCUT2D eigenvalue weighted by molar-refractivity contribution is -0.137. The number of benzene rings is 2. The summed E-state index contributed by atoms with van der Waals surface area (Å²) in [6.45, 7) is 4.78. The highest BCUT2D eigenvalue weighted by atomic mass is 32.2. The zero-order valence-corrected chi connectivity index (χ0v) is 24.3. The molecule has 2 N–H and O–H groups in total. The van der Waals surface area contributed by atoms with E-state index in [1.54, 1.807) is 48.0 Å². The third kappa shape index (κ3) is 5.39. The molecule has 218 valence electrons. The first-order chi connectivity index (χ1) is 19.9. The number of piperidine rings is 1. The van der Waals surface area contributed by atoms with E-state index in [1.807, 2.05) is 0 Å². The number of thiazole rings is 1. The predicted octanol–water partition coefficient (Wildman–Crippen LogP) is 6.42. The molecule has 8 nitrogen and oxygen atoms in total. The molecular weight excluding hydrogens is 585 g/mol. The zero-order valence-electron chi connectivity index (χ0n) is 22.7. The Morgan fingerprint density at radius 3 is 2.57 bits per heavy atom. The van der Waals surface area contributed by atoms with E-state index >= 15 is 0 Å². The van der Waals surface area contributed by atoms with Crippen molar-refractivity contribution in [2.24, 2.45) is 0 Å². The highest BCUT2D eigenvalue weighted by Gasteiger charge is 2.37. The van der Waals surface area contributed by atoms with Crippen LogP contribution in [0.25, 0.3) is 32.7 Å². The summed E-state index contributed by atoms with van der Waals surface area (Å²) < 4.78 is 71.6. The average molecular weight is 613 g/mol. The third-order valence-electron chi connectivity index (χ3n) is 7.38. The number of alkyl halides is 3. The van der Waals surface area contributed by atoms with Crippen molar-refractivity contribution in [3.8, 4) is 21.8 Å². The largest absolute Gasteiger partial charge is 0.419 e. The Balaban J connectivity index is 1.53. The Bertz CT molecular complexity index is 1840. The molecule has 0 unspecified atom stereocenters. The molecule has 13 heteroatoms. The fourth-order valence-electron chi connectivity index (χ4n) is 5.09. The van der Waals surface area contributed by atoms with Crippen molar-refractivity contribution in [2.75, 3.05) is 11.9 Å². The van der Waals surface area contributed by atoms with Crippen LogP contribution in [0.4, 0.5) is 19.1 Å². The lowest BCUT2D eigenvalue weighted by Crippen LogP contribution is -2.50. The van der Waals surface area contributed by atoms with E-state index in [9.17, 15) is 21.6 Å². The lowest BCUT2D eigenvalue weighted by atomic mass is 9.91. The SMILES string of the molecule is CC1(C)CC[C@H](Nc2ncc(C(F)(F)F)c(-c3cn(S(=O)(=O)c4ccccc4)c4cc(-c5nccs5)ccc34)n2)CN1. The molecule has 0 amide bonds. The van der Waals surface area contributed by atoms with Crippen molar-refractivity contribution < 1.29 is 21.6 Å². The van der Waals surface area contributed by atoms with Gasteiger partial charge in [0.05, 0.1) is 16.1 Å². The van der Waals surface area contributed by atoms with Crippen LogP contribution >= 0.6 is 11.3 Å². The summed E-state index contributed by atoms with van der Waals surface area (Å²) in [4.78, 5) is 12.6. The van der Waals surface area contributed by atoms with Gasteiger partial charge in [0.2, 0.25) is 5.95 Å². The number of nitrogens with one attached hydrogen (secondary N) is 2. The molecule has 6 rings (SSSR count). The van der Waals surface area contributed by atoms with Crippen molar-refractivity contribution in [3.63, 3.8) is 0 Å². The summed E-state index contributed by atoms with van der Waals surface area (Å²) in [5.74, 6) is 0.0377. The second-order valence-corrected chi connectivity index (χ2v) is 13.5. The molecule has 0 saturated carbocycles. The van der Waals surface area contributed by atoms with Crippen LogP contribution in [0.15, 0.2) is 77.4 Å². The Labute approximate surface area is 244 Å². The Hall–Kier alpha value is -3.81. The number of hydrogen-bond donors (Lipinski definition) is 2. The van der Waals surface area contributed by atoms with Gasteiger partial charge in [-0.1, -0.05) is 30.3 Å². The van der Waals surface area contributed by atoms with Gasteiger partial charge in [0.25, 0.3) is 10.0 Å². The Kier molecular flexibility index (Phi) is 7.06. The summed E-state index contributed by atoms with van der Waals surface area (Å²) in [6, 6.07) is 12.6. The number of anilines is 1. The molecule has 42 heavy (non-hydrogen) atoms. The minimum absolute atomic E-state index is 0.00177. The van der Waals surface area contributed by atoms with Crippen LogP contribution < -0.4 is 10.6 Å². The molecule has 0 radical (unpaired) electrons. The maximum atomic E-state index is 14.3. The third-order valence-corrected chi connectivity index (χ3v) is 9.89. The average Bonchev–Trinajstić information content (AvgIpc) is 3.63. The van der Waals surface area contributed by atoms with Crippen molar-refractivity contribution in [2.45, 2.75) is 49.3 Å². The molecule has 1 fully saturated rings. The van der Waals surface area contributed by atoms with Crippen LogP contribution in [-0.4, -0.2) is 45.5 Å². The van der Waals surface area contributed by atoms with Gasteiger partial charge < -0.3 is 10.6 Å². The molecule has 3 aromatic heterocycles. The first-order valence-electron chi connectivity index (χ1n) is 13.2. The van der Waals surface area contributed by atoms with Gasteiger partial charge >= 0.3 is 6.18 Å². The number of rotatable bonds is 6. The monoisotopic (exact) mass is 612 g/mol. The Morgan fingerprint density at radius 2 is 1.90 bits per heavy atom. The zero-order chi connectivity index (χ0) is 29.7. The highest BCUT2D eigenvalue weighted by Crippen LogP contribution is 2.41. The van der Waals surface area contributed by atoms with E-state index in [0.717, 1.165) is 23.0 Å². The van der Waals surface area contributed by atoms with Crippen LogP contribution in [0, 0.1) is 0 Å². The first kappa shape index (κ1) is 28.3. The second kappa shape index (κ2) is 10.5. The highest BCUT2D eigenvalue weighted by molar-refractivity contribution is 7.90. The fourth-order valence-corrected chi connectivity index (χ4v) is 7.10. The minimum atomic E-state index is -4.78. The van der Waals surface area contributed by atoms with Gasteiger partial charge in [0.15, 0.2) is 0 Å². The van der Waals surface area contributed by atoms with Gasteiger partial charge in [-0.3, -0.25) is 0 Å². The predicted molar refractivity (Wildman–Crippen MR) is 157 cm³/mol. The van der Waals surface area contributed by atoms with Crippen molar-refractivity contribution >= 4 is 38.2 Å². The topological polar surface area (TPSA) is 102 Å². The lowest BCUT2D eigenvalue weighted by Gasteiger charge is -2.36. The molecule has 5 aromatic rings. The summed E-state index contributed by atoms with van der Waals surface area (Å²) in [5.41, 5.74) is -0.625. The van der Waals surface area contributed by atoms with Crippen LogP contribution in [0.2, 0.25) is 0 Å². The van der Waals surface area contributed by atoms with Crippen LogP contribution in [0.5, 0.6) is 0 Å². The van der Waals surface area contributed by atoms with E-state index in [1.165, 1.54) is 29.7 Å². The molecule has 1 aliphatic rings. The van der Waals surface area contributed by atoms with Crippen molar-refractivity contribution in [1.29, 1.82) is 0 Å². The summed E-state index contributed by atoms with van der Waals surface area (Å²) >= 11 is 1.37. The number of hydrogen-bond acceptors (Lipinski definition) is 8. The molecule has 4 heterocycles. The minimum Gasteiger partial charge on any atom is -0.350 e. The van der Waals surface area contributed by atoms with Gasteiger partial charge in [-0.15, -0.1) is 11.3 Å². The van der Waals surface area contributed by atoms with Gasteiger partial charge in [-0.2, -0.15) is 13.2 Å². The number of halogens is 3. The van der Waals surface area contributed by atoms with Crippen molar-refractivity contribution in [3.05, 3.63) is 78.1 Å². The molecule has 1 atom stereocenters. The van der Waals surface area contributed by atoms with E-state index in [2.05, 4.69) is 39.4 Å². The molecule has 1 aliphatic heterocycles. The summed E-state index contributed by atoms with van der Waals surface area (Å²) in [5, 5.41) is 9.31. The van der Waals surface area contributed by atoms with Crippen molar-refractivity contribution in [1.82, 2.24) is 24.2 Å². The molecule has 2 aromatic carbocycles. The summed E-state index contributed by atoms with van der Waals surface area (Å²) in [6.07, 6.45) is 0.466. The smallest absolute Gasteiger partial charge is 0.350 e. The first-order valence-corrected chi connectivity index (χ1v) is 15.6. The maximum absolute atomic E-state index is 14.3. The normalized spacial score (nSPS) is 17.4. The number of aromatic nitrogens is 4. The van der Waals surface area contributed by atoms with Crippen LogP contribution in [0.3, 0.4) is 0 Å². The van der Waals surface area contributed by atoms with Crippen LogP contribution in [0.1, 0.15) is 32.3 Å². The van der Waals surface area contributed by atoms with Gasteiger partial charge in [0.1, 0.15) is 10.6 Å². The van der Waals surface area contributed by atoms with Gasteiger partial charge in [0, 0.05) is 58.6 Å². The van der Waals surface area contributed by atoms with E-state index < -0.39 is 27.5 Å². The molecule has 0 bridgehead atoms. The molecular formula is C29H27F3N6O2S2. The number of fused-ring (bicyclic) bond motifs is 1. The van der Waals surface area contributed by atoms with E-state index in [-0.39, 0.29) is 33.5 Å². The fraction of sp³-hybridized carbons (Fsp3) is 0.276. The van der Waals surface area contributed by atoms with Gasteiger partial charge in [-0.25, -0.2) is 27.3 Å². The molecule has 0 spiro atoms. The second-order valence-electron chi connectivity index (χ2n) is 10.8. The van der Waals surface area contributed by atoms with Gasteiger partial charge in [-0.05, 0) is 44.9 Å². The maximum Gasteiger partial charge on any atom is 0.419 e. The molecule has 0 aliphatic carbocycles. The Morgan fingerprint density at radius 1 is 1.12 bits per heavy atom. The molecule has 1 saturated heterocycles. The van der Waals surface area contributed by atoms with E-state index in [4.69, 9.17) is 0 Å². The standard InChI is InChI=1S/C29H27F3N6O2S2/c1-28(2)11-10-19(15-35-28)36-27-34-16-23(29(30,31)32)25(37-27)22-17-38(42(39,40)20-6-4-3-5-7-20)24-14-18(8-9-21(22)24)26-33-12-13-41-26/h3-9,12-14,16-17,19,35H,10-11,15H2,1-2H3,(H,34,36,37)/t19-/m0/s1. The summed E-state index contributed by atoms with van der Waals surface area (Å²) in [7, 11) is -4.18. The number of nitrogens with zero attached hydrogens (tertiary/aromatic N) is 4.